The minimum Gasteiger partial charge on any atom is -0.507 e. The number of hydrogen-bond acceptors (Lipinski definition) is 8. The zero-order valence-corrected chi connectivity index (χ0v) is 27.9. The van der Waals surface area contributed by atoms with Crippen molar-refractivity contribution in [1.82, 2.24) is 0 Å². The summed E-state index contributed by atoms with van der Waals surface area (Å²) in [6.45, 7) is 14.1. The number of ketones is 6. The summed E-state index contributed by atoms with van der Waals surface area (Å²) in [7, 11) is 0. The predicted octanol–water partition coefficient (Wildman–Crippen LogP) is 5.15. The highest BCUT2D eigenvalue weighted by Gasteiger charge is 2.76. The van der Waals surface area contributed by atoms with Crippen LogP contribution >= 0.6 is 0 Å². The van der Waals surface area contributed by atoms with Gasteiger partial charge in [-0.1, -0.05) is 61.0 Å². The number of benzene rings is 1. The number of carbonyl (C=O) groups is 6. The van der Waals surface area contributed by atoms with E-state index in [0.717, 1.165) is 31.7 Å². The Kier molecular flexibility index (Phi) is 8.20. The Morgan fingerprint density at radius 3 is 2.20 bits per heavy atom. The van der Waals surface area contributed by atoms with Gasteiger partial charge in [0.1, 0.15) is 23.2 Å². The van der Waals surface area contributed by atoms with Gasteiger partial charge in [0.2, 0.25) is 0 Å². The van der Waals surface area contributed by atoms with Gasteiger partial charge in [0.05, 0.1) is 11.5 Å². The summed E-state index contributed by atoms with van der Waals surface area (Å²) in [5, 5.41) is 23.8. The molecule has 2 N–H and O–H groups in total. The fourth-order valence-electron chi connectivity index (χ4n) is 10.1. The van der Waals surface area contributed by atoms with Crippen molar-refractivity contribution in [2.45, 2.75) is 112 Å². The first kappa shape index (κ1) is 33.4. The molecule has 0 bridgehead atoms. The Bertz CT molecular complexity index is 1520. The average Bonchev–Trinajstić information content (AvgIpc) is 3.35. The van der Waals surface area contributed by atoms with Crippen LogP contribution in [-0.2, 0) is 36.8 Å². The van der Waals surface area contributed by atoms with Crippen LogP contribution in [0.3, 0.4) is 0 Å². The van der Waals surface area contributed by atoms with Crippen molar-refractivity contribution >= 4 is 34.7 Å². The van der Waals surface area contributed by atoms with E-state index in [1.807, 2.05) is 19.9 Å². The van der Waals surface area contributed by atoms with Gasteiger partial charge in [0, 0.05) is 23.7 Å². The third-order valence-corrected chi connectivity index (χ3v) is 12.0. The van der Waals surface area contributed by atoms with Crippen LogP contribution in [0.1, 0.15) is 120 Å². The lowest BCUT2D eigenvalue weighted by Gasteiger charge is -2.62. The van der Waals surface area contributed by atoms with Gasteiger partial charge in [-0.05, 0) is 78.9 Å². The summed E-state index contributed by atoms with van der Waals surface area (Å²) in [5.41, 5.74) is -3.37. The van der Waals surface area contributed by atoms with Gasteiger partial charge in [0.15, 0.2) is 28.7 Å². The van der Waals surface area contributed by atoms with Crippen LogP contribution in [0.4, 0.5) is 0 Å². The molecule has 4 unspecified atom stereocenters. The van der Waals surface area contributed by atoms with E-state index >= 15 is 0 Å². The first-order chi connectivity index (χ1) is 20.8. The van der Waals surface area contributed by atoms with E-state index in [4.69, 9.17) is 0 Å². The van der Waals surface area contributed by atoms with Crippen LogP contribution in [0.25, 0.3) is 0 Å². The van der Waals surface area contributed by atoms with Gasteiger partial charge >= 0.3 is 0 Å². The first-order valence-electron chi connectivity index (χ1n) is 16.6. The van der Waals surface area contributed by atoms with E-state index in [1.54, 1.807) is 27.7 Å². The smallest absolute Gasteiger partial charge is 0.190 e. The van der Waals surface area contributed by atoms with E-state index in [9.17, 15) is 39.0 Å². The molecule has 0 aromatic heterocycles. The minimum atomic E-state index is -2.72. The number of phenolic OH excluding ortho intramolecular Hbond substituents is 1. The van der Waals surface area contributed by atoms with Crippen molar-refractivity contribution in [2.24, 2.45) is 46.3 Å². The molecule has 8 nitrogen and oxygen atoms in total. The van der Waals surface area contributed by atoms with Gasteiger partial charge < -0.3 is 10.2 Å². The molecule has 1 aromatic carbocycles. The molecule has 0 amide bonds. The minimum absolute atomic E-state index is 0.00000106. The molecule has 0 aliphatic heterocycles. The molecule has 4 aliphatic rings. The second-order valence-corrected chi connectivity index (χ2v) is 15.8. The number of Topliss-reactive ketones (excluding diaryl/α,β-unsaturated/α-hetero) is 6. The van der Waals surface area contributed by atoms with Crippen molar-refractivity contribution in [2.75, 3.05) is 0 Å². The molecule has 1 aromatic rings. The molecule has 0 heterocycles. The van der Waals surface area contributed by atoms with E-state index in [-0.39, 0.29) is 54.6 Å². The molecule has 4 aliphatic carbocycles. The predicted molar refractivity (Wildman–Crippen MR) is 167 cm³/mol. The third kappa shape index (κ3) is 4.63. The Balaban J connectivity index is 1.63. The second kappa shape index (κ2) is 11.1. The van der Waals surface area contributed by atoms with Crippen molar-refractivity contribution in [3.63, 3.8) is 0 Å². The number of phenols is 1. The maximum Gasteiger partial charge on any atom is 0.190 e. The summed E-state index contributed by atoms with van der Waals surface area (Å²) in [6.07, 6.45) is 3.64. The highest BCUT2D eigenvalue weighted by Crippen LogP contribution is 2.64. The van der Waals surface area contributed by atoms with Gasteiger partial charge in [-0.25, -0.2) is 0 Å². The summed E-state index contributed by atoms with van der Waals surface area (Å²) < 4.78 is 0. The maximum atomic E-state index is 14.6. The molecule has 0 radical (unpaired) electrons. The SMILES string of the molecule is CC(=O)C1C(=O)C(C(C)C)[C@@]2(C)C[C@@]3(C)Cc4c(C(C)C)cc(CCC(=O)[C@H]5CCCC5C)c(O)c4C(=O)C3C(=O)[C@@]2(O)C1=O. The Morgan fingerprint density at radius 2 is 1.67 bits per heavy atom. The highest BCUT2D eigenvalue weighted by atomic mass is 16.3. The molecule has 5 rings (SSSR count). The molecule has 8 atom stereocenters. The van der Waals surface area contributed by atoms with Crippen LogP contribution in [0.15, 0.2) is 6.07 Å². The van der Waals surface area contributed by atoms with Crippen molar-refractivity contribution in [3.05, 3.63) is 28.3 Å². The molecule has 244 valence electrons. The van der Waals surface area contributed by atoms with E-state index in [1.165, 1.54) is 0 Å². The quantitative estimate of drug-likeness (QED) is 0.399. The van der Waals surface area contributed by atoms with Crippen molar-refractivity contribution in [3.8, 4) is 5.75 Å². The molecule has 3 fully saturated rings. The molecule has 0 spiro atoms. The Morgan fingerprint density at radius 1 is 1.02 bits per heavy atom. The van der Waals surface area contributed by atoms with Crippen LogP contribution in [0.2, 0.25) is 0 Å². The van der Waals surface area contributed by atoms with Gasteiger partial charge in [0.25, 0.3) is 0 Å². The number of aliphatic hydroxyl groups is 1. The van der Waals surface area contributed by atoms with Crippen molar-refractivity contribution in [1.29, 1.82) is 0 Å². The van der Waals surface area contributed by atoms with E-state index in [2.05, 4.69) is 6.92 Å². The summed E-state index contributed by atoms with van der Waals surface area (Å²) in [4.78, 5) is 82.4. The van der Waals surface area contributed by atoms with Gasteiger partial charge in [-0.15, -0.1) is 0 Å². The lowest BCUT2D eigenvalue weighted by molar-refractivity contribution is -0.205. The number of aromatic hydroxyl groups is 1. The highest BCUT2D eigenvalue weighted by molar-refractivity contribution is 6.32. The lowest BCUT2D eigenvalue weighted by Crippen LogP contribution is -2.76. The number of fused-ring (bicyclic) bond motifs is 3. The Labute approximate surface area is 265 Å². The summed E-state index contributed by atoms with van der Waals surface area (Å²) in [6, 6.07) is 1.88. The molecular formula is C37H48O8. The van der Waals surface area contributed by atoms with Gasteiger partial charge in [-0.3, -0.25) is 28.8 Å². The number of aryl methyl sites for hydroxylation is 1. The van der Waals surface area contributed by atoms with Crippen molar-refractivity contribution < 1.29 is 39.0 Å². The fraction of sp³-hybridized carbons (Fsp3) is 0.676. The summed E-state index contributed by atoms with van der Waals surface area (Å²) >= 11 is 0. The number of carbonyl (C=O) groups excluding carboxylic acids is 6. The largest absolute Gasteiger partial charge is 0.507 e. The number of rotatable bonds is 7. The number of hydrogen-bond donors (Lipinski definition) is 2. The first-order valence-corrected chi connectivity index (χ1v) is 16.6. The summed E-state index contributed by atoms with van der Waals surface area (Å²) in [5.74, 6) is -8.54. The maximum absolute atomic E-state index is 14.6. The normalized spacial score (nSPS) is 36.3. The standard InChI is InChI=1S/C37H48O8/c1-17(2)23-14-21(12-13-25(39)22-11-9-10-19(22)5)30(40)27-24(23)15-35(7)16-36(8)28(18(3)4)31(41)26(20(6)38)33(43)37(36,45)34(44)29(35)32(27)42/h14,17-19,22,26,28-29,40,45H,9-13,15-16H2,1-8H3/t19?,22-,26?,28?,29?,35+,36+,37-/m0/s1. The van der Waals surface area contributed by atoms with E-state index in [0.29, 0.717) is 17.0 Å². The monoisotopic (exact) mass is 620 g/mol. The molecule has 0 saturated heterocycles. The van der Waals surface area contributed by atoms with Crippen LogP contribution < -0.4 is 0 Å². The third-order valence-electron chi connectivity index (χ3n) is 12.0. The lowest BCUT2D eigenvalue weighted by atomic mass is 9.39. The topological polar surface area (TPSA) is 143 Å². The van der Waals surface area contributed by atoms with Crippen LogP contribution in [0, 0.1) is 46.3 Å². The second-order valence-electron chi connectivity index (χ2n) is 15.8. The average molecular weight is 621 g/mol. The fourth-order valence-corrected chi connectivity index (χ4v) is 10.1. The Hall–Kier alpha value is -3.00. The van der Waals surface area contributed by atoms with Crippen LogP contribution in [0.5, 0.6) is 5.75 Å². The van der Waals surface area contributed by atoms with E-state index < -0.39 is 69.0 Å². The molecular weight excluding hydrogens is 572 g/mol. The van der Waals surface area contributed by atoms with Crippen LogP contribution in [-0.4, -0.2) is 50.5 Å². The van der Waals surface area contributed by atoms with Gasteiger partial charge in [-0.2, -0.15) is 0 Å². The molecule has 8 heteroatoms. The zero-order valence-electron chi connectivity index (χ0n) is 27.9. The molecule has 3 saturated carbocycles. The molecule has 45 heavy (non-hydrogen) atoms. The zero-order chi connectivity index (χ0) is 33.5.